The first-order valence-corrected chi connectivity index (χ1v) is 6.64. The summed E-state index contributed by atoms with van der Waals surface area (Å²) in [6.45, 7) is 2.22. The van der Waals surface area contributed by atoms with Crippen molar-refractivity contribution >= 4 is 11.6 Å². The molecule has 4 N–H and O–H groups in total. The Bertz CT molecular complexity index is 618. The SMILES string of the molecule is CCCc1c(NN)ncnc1NCc1ccc(F)cc1F. The third-order valence-electron chi connectivity index (χ3n) is 3.04. The molecule has 0 unspecified atom stereocenters. The van der Waals surface area contributed by atoms with E-state index in [1.807, 2.05) is 6.92 Å². The average Bonchev–Trinajstić information content (AvgIpc) is 2.47. The van der Waals surface area contributed by atoms with E-state index in [1.165, 1.54) is 18.5 Å². The van der Waals surface area contributed by atoms with Crippen LogP contribution in [0.4, 0.5) is 20.4 Å². The number of nitrogens with zero attached hydrogens (tertiary/aromatic N) is 2. The van der Waals surface area contributed by atoms with E-state index in [0.717, 1.165) is 24.5 Å². The third-order valence-corrected chi connectivity index (χ3v) is 3.04. The standard InChI is InChI=1S/C14H17F2N5/c1-2-3-11-13(19-8-20-14(11)21-17)18-7-9-4-5-10(15)6-12(9)16/h4-6,8H,2-3,7,17H2,1H3,(H2,18,19,20,21). The largest absolute Gasteiger partial charge is 0.365 e. The molecule has 0 aliphatic heterocycles. The van der Waals surface area contributed by atoms with Crippen LogP contribution in [0.3, 0.4) is 0 Å². The van der Waals surface area contributed by atoms with Crippen LogP contribution in [-0.2, 0) is 13.0 Å². The third kappa shape index (κ3) is 3.63. The fraction of sp³-hybridized carbons (Fsp3) is 0.286. The van der Waals surface area contributed by atoms with Gasteiger partial charge >= 0.3 is 0 Å². The smallest absolute Gasteiger partial charge is 0.148 e. The topological polar surface area (TPSA) is 75.9 Å². The summed E-state index contributed by atoms with van der Waals surface area (Å²) in [5.74, 6) is 5.36. The lowest BCUT2D eigenvalue weighted by Gasteiger charge is -2.13. The fourth-order valence-corrected chi connectivity index (χ4v) is 2.02. The van der Waals surface area contributed by atoms with Gasteiger partial charge in [-0.15, -0.1) is 0 Å². The molecule has 21 heavy (non-hydrogen) atoms. The molecule has 112 valence electrons. The number of hydrogen-bond donors (Lipinski definition) is 3. The number of halogens is 2. The molecule has 0 atom stereocenters. The molecule has 2 aromatic rings. The van der Waals surface area contributed by atoms with E-state index in [4.69, 9.17) is 5.84 Å². The summed E-state index contributed by atoms with van der Waals surface area (Å²) in [7, 11) is 0. The number of nitrogens with one attached hydrogen (secondary N) is 2. The first-order chi connectivity index (χ1) is 10.2. The van der Waals surface area contributed by atoms with Gasteiger partial charge in [-0.25, -0.2) is 24.6 Å². The lowest BCUT2D eigenvalue weighted by molar-refractivity contribution is 0.574. The van der Waals surface area contributed by atoms with E-state index in [0.29, 0.717) is 17.2 Å². The van der Waals surface area contributed by atoms with Crippen LogP contribution < -0.4 is 16.6 Å². The van der Waals surface area contributed by atoms with Crippen LogP contribution in [0.25, 0.3) is 0 Å². The van der Waals surface area contributed by atoms with E-state index < -0.39 is 11.6 Å². The first kappa shape index (κ1) is 15.1. The summed E-state index contributed by atoms with van der Waals surface area (Å²) in [5, 5.41) is 3.04. The van der Waals surface area contributed by atoms with Crippen LogP contribution in [0, 0.1) is 11.6 Å². The molecule has 0 saturated heterocycles. The van der Waals surface area contributed by atoms with Crippen LogP contribution in [0.1, 0.15) is 24.5 Å². The van der Waals surface area contributed by atoms with Crippen molar-refractivity contribution in [1.29, 1.82) is 0 Å². The van der Waals surface area contributed by atoms with E-state index in [1.54, 1.807) is 0 Å². The zero-order valence-corrected chi connectivity index (χ0v) is 11.7. The van der Waals surface area contributed by atoms with Crippen LogP contribution in [0.2, 0.25) is 0 Å². The van der Waals surface area contributed by atoms with Gasteiger partial charge in [0.15, 0.2) is 0 Å². The predicted molar refractivity (Wildman–Crippen MR) is 77.5 cm³/mol. The number of nitrogen functional groups attached to an aromatic ring is 1. The van der Waals surface area contributed by atoms with E-state index in [-0.39, 0.29) is 6.54 Å². The van der Waals surface area contributed by atoms with Crippen molar-refractivity contribution in [2.24, 2.45) is 5.84 Å². The highest BCUT2D eigenvalue weighted by molar-refractivity contribution is 5.57. The quantitative estimate of drug-likeness (QED) is 0.564. The van der Waals surface area contributed by atoms with E-state index >= 15 is 0 Å². The minimum absolute atomic E-state index is 0.198. The van der Waals surface area contributed by atoms with E-state index in [9.17, 15) is 8.78 Å². The number of rotatable bonds is 6. The van der Waals surface area contributed by atoms with Gasteiger partial charge in [0.25, 0.3) is 0 Å². The molecular weight excluding hydrogens is 276 g/mol. The van der Waals surface area contributed by atoms with Crippen molar-refractivity contribution in [2.45, 2.75) is 26.3 Å². The summed E-state index contributed by atoms with van der Waals surface area (Å²) in [5.41, 5.74) is 3.72. The number of hydrogen-bond acceptors (Lipinski definition) is 5. The highest BCUT2D eigenvalue weighted by Gasteiger charge is 2.11. The highest BCUT2D eigenvalue weighted by Crippen LogP contribution is 2.22. The number of hydrazine groups is 1. The van der Waals surface area contributed by atoms with Gasteiger partial charge in [0.2, 0.25) is 0 Å². The van der Waals surface area contributed by atoms with Crippen LogP contribution in [0.15, 0.2) is 24.5 Å². The fourth-order valence-electron chi connectivity index (χ4n) is 2.02. The molecule has 0 spiro atoms. The molecule has 5 nitrogen and oxygen atoms in total. The Kier molecular flexibility index (Phi) is 4.99. The van der Waals surface area contributed by atoms with Crippen molar-refractivity contribution in [3.8, 4) is 0 Å². The van der Waals surface area contributed by atoms with E-state index in [2.05, 4.69) is 20.7 Å². The number of nitrogens with two attached hydrogens (primary N) is 1. The van der Waals surface area contributed by atoms with Crippen molar-refractivity contribution in [1.82, 2.24) is 9.97 Å². The second-order valence-electron chi connectivity index (χ2n) is 4.53. The second kappa shape index (κ2) is 6.94. The second-order valence-corrected chi connectivity index (χ2v) is 4.53. The Labute approximate surface area is 121 Å². The minimum atomic E-state index is -0.598. The number of anilines is 2. The number of benzene rings is 1. The molecular formula is C14H17F2N5. The Morgan fingerprint density at radius 2 is 1.95 bits per heavy atom. The van der Waals surface area contributed by atoms with Crippen LogP contribution >= 0.6 is 0 Å². The zero-order chi connectivity index (χ0) is 15.2. The lowest BCUT2D eigenvalue weighted by Crippen LogP contribution is -2.14. The van der Waals surface area contributed by atoms with Crippen LogP contribution in [0.5, 0.6) is 0 Å². The Hall–Kier alpha value is -2.28. The molecule has 7 heteroatoms. The summed E-state index contributed by atoms with van der Waals surface area (Å²) in [4.78, 5) is 8.20. The van der Waals surface area contributed by atoms with Gasteiger partial charge in [-0.05, 0) is 12.5 Å². The molecule has 0 saturated carbocycles. The monoisotopic (exact) mass is 293 g/mol. The number of aromatic nitrogens is 2. The summed E-state index contributed by atoms with van der Waals surface area (Å²) >= 11 is 0. The van der Waals surface area contributed by atoms with Gasteiger partial charge in [0.05, 0.1) is 0 Å². The maximum atomic E-state index is 13.6. The van der Waals surface area contributed by atoms with Crippen molar-refractivity contribution in [3.63, 3.8) is 0 Å². The Morgan fingerprint density at radius 3 is 2.62 bits per heavy atom. The molecule has 0 bridgehead atoms. The maximum Gasteiger partial charge on any atom is 0.148 e. The van der Waals surface area contributed by atoms with Gasteiger partial charge in [0, 0.05) is 23.7 Å². The Balaban J connectivity index is 2.19. The molecule has 1 heterocycles. The van der Waals surface area contributed by atoms with Crippen molar-refractivity contribution < 1.29 is 8.78 Å². The molecule has 0 radical (unpaired) electrons. The summed E-state index contributed by atoms with van der Waals surface area (Å²) < 4.78 is 26.5. The Morgan fingerprint density at radius 1 is 1.19 bits per heavy atom. The molecule has 0 aliphatic carbocycles. The van der Waals surface area contributed by atoms with Crippen molar-refractivity contribution in [2.75, 3.05) is 10.7 Å². The molecule has 0 amide bonds. The maximum absolute atomic E-state index is 13.6. The van der Waals surface area contributed by atoms with Gasteiger partial charge in [-0.3, -0.25) is 0 Å². The predicted octanol–water partition coefficient (Wildman–Crippen LogP) is 2.61. The van der Waals surface area contributed by atoms with Crippen molar-refractivity contribution in [3.05, 3.63) is 47.3 Å². The molecule has 1 aromatic carbocycles. The average molecular weight is 293 g/mol. The first-order valence-electron chi connectivity index (χ1n) is 6.64. The van der Waals surface area contributed by atoms with Gasteiger partial charge in [0.1, 0.15) is 29.6 Å². The lowest BCUT2D eigenvalue weighted by atomic mass is 10.1. The molecule has 0 fully saturated rings. The molecule has 2 rings (SSSR count). The summed E-state index contributed by atoms with van der Waals surface area (Å²) in [6, 6.07) is 3.48. The summed E-state index contributed by atoms with van der Waals surface area (Å²) in [6.07, 6.45) is 2.99. The van der Waals surface area contributed by atoms with Gasteiger partial charge < -0.3 is 10.7 Å². The van der Waals surface area contributed by atoms with Gasteiger partial charge in [-0.2, -0.15) is 0 Å². The zero-order valence-electron chi connectivity index (χ0n) is 11.7. The highest BCUT2D eigenvalue weighted by atomic mass is 19.1. The van der Waals surface area contributed by atoms with Gasteiger partial charge in [-0.1, -0.05) is 19.4 Å². The minimum Gasteiger partial charge on any atom is -0.365 e. The van der Waals surface area contributed by atoms with Crippen LogP contribution in [-0.4, -0.2) is 9.97 Å². The molecule has 0 aliphatic rings. The normalized spacial score (nSPS) is 10.5. The molecule has 1 aromatic heterocycles.